The number of piperazine rings is 1. The van der Waals surface area contributed by atoms with Gasteiger partial charge in [-0.1, -0.05) is 17.7 Å². The van der Waals surface area contributed by atoms with Crippen LogP contribution in [0.3, 0.4) is 0 Å². The highest BCUT2D eigenvalue weighted by molar-refractivity contribution is 7.89. The second-order valence-electron chi connectivity index (χ2n) is 7.43. The van der Waals surface area contributed by atoms with Crippen molar-refractivity contribution in [2.24, 2.45) is 0 Å². The Morgan fingerprint density at radius 1 is 1.00 bits per heavy atom. The molecule has 1 aliphatic heterocycles. The molecule has 1 fully saturated rings. The summed E-state index contributed by atoms with van der Waals surface area (Å²) >= 11 is 0. The van der Waals surface area contributed by atoms with Gasteiger partial charge in [-0.05, 0) is 60.2 Å². The van der Waals surface area contributed by atoms with Crippen molar-refractivity contribution < 1.29 is 12.8 Å². The Morgan fingerprint density at radius 3 is 2.37 bits per heavy atom. The summed E-state index contributed by atoms with van der Waals surface area (Å²) in [4.78, 5) is 2.47. The largest absolute Gasteiger partial charge is 0.293 e. The van der Waals surface area contributed by atoms with E-state index in [0.717, 1.165) is 11.1 Å². The molecule has 10 heteroatoms. The number of sulfonamides is 1. The Bertz CT molecular complexity index is 1140. The van der Waals surface area contributed by atoms with Crippen LogP contribution >= 0.6 is 0 Å². The standard InChI is InChI=1S/C20H23FN6O2S/c1-15-3-8-19(16(2)13-15)30(28,29)26-11-9-25(10-12-26)14-20-22-23-24-27(20)18-6-4-17(21)5-7-18/h3-8,13H,9-12,14H2,1-2H3. The van der Waals surface area contributed by atoms with Gasteiger partial charge in [-0.15, -0.1) is 5.10 Å². The minimum Gasteiger partial charge on any atom is -0.293 e. The van der Waals surface area contributed by atoms with Crippen LogP contribution in [0.25, 0.3) is 5.69 Å². The number of rotatable bonds is 5. The third kappa shape index (κ3) is 4.11. The molecule has 0 bridgehead atoms. The second kappa shape index (κ2) is 8.21. The summed E-state index contributed by atoms with van der Waals surface area (Å²) in [6.07, 6.45) is 0. The number of benzene rings is 2. The Hall–Kier alpha value is -2.69. The van der Waals surface area contributed by atoms with Crippen molar-refractivity contribution in [1.29, 1.82) is 0 Å². The van der Waals surface area contributed by atoms with E-state index in [9.17, 15) is 12.8 Å². The van der Waals surface area contributed by atoms with Gasteiger partial charge in [-0.2, -0.15) is 8.99 Å². The molecular weight excluding hydrogens is 407 g/mol. The molecule has 158 valence electrons. The number of halogens is 1. The minimum atomic E-state index is -3.52. The zero-order chi connectivity index (χ0) is 21.3. The van der Waals surface area contributed by atoms with Crippen LogP contribution in [-0.2, 0) is 16.6 Å². The highest BCUT2D eigenvalue weighted by atomic mass is 32.2. The van der Waals surface area contributed by atoms with Crippen molar-refractivity contribution in [3.63, 3.8) is 0 Å². The maximum atomic E-state index is 13.2. The lowest BCUT2D eigenvalue weighted by Crippen LogP contribution is -2.48. The average molecular weight is 431 g/mol. The second-order valence-corrected chi connectivity index (χ2v) is 9.34. The van der Waals surface area contributed by atoms with Crippen LogP contribution < -0.4 is 0 Å². The summed E-state index contributed by atoms with van der Waals surface area (Å²) < 4.78 is 42.4. The zero-order valence-corrected chi connectivity index (χ0v) is 17.7. The predicted molar refractivity (Wildman–Crippen MR) is 109 cm³/mol. The first-order valence-electron chi connectivity index (χ1n) is 9.67. The van der Waals surface area contributed by atoms with Gasteiger partial charge in [0.05, 0.1) is 17.1 Å². The number of hydrogen-bond donors (Lipinski definition) is 0. The normalized spacial score (nSPS) is 16.1. The zero-order valence-electron chi connectivity index (χ0n) is 16.9. The molecule has 0 atom stereocenters. The van der Waals surface area contributed by atoms with Gasteiger partial charge in [-0.3, -0.25) is 4.90 Å². The molecule has 8 nitrogen and oxygen atoms in total. The molecule has 2 aromatic carbocycles. The molecule has 0 aliphatic carbocycles. The van der Waals surface area contributed by atoms with Crippen LogP contribution in [0, 0.1) is 19.7 Å². The number of nitrogens with zero attached hydrogens (tertiary/aromatic N) is 6. The summed E-state index contributed by atoms with van der Waals surface area (Å²) in [6.45, 7) is 6.18. The number of aryl methyl sites for hydroxylation is 2. The van der Waals surface area contributed by atoms with E-state index in [0.29, 0.717) is 49.1 Å². The van der Waals surface area contributed by atoms with E-state index >= 15 is 0 Å². The molecule has 3 aromatic rings. The highest BCUT2D eigenvalue weighted by Gasteiger charge is 2.30. The molecule has 1 aromatic heterocycles. The highest BCUT2D eigenvalue weighted by Crippen LogP contribution is 2.22. The maximum absolute atomic E-state index is 13.2. The van der Waals surface area contributed by atoms with Crippen LogP contribution in [0.15, 0.2) is 47.4 Å². The Kier molecular flexibility index (Phi) is 5.63. The van der Waals surface area contributed by atoms with Gasteiger partial charge in [0, 0.05) is 26.2 Å². The topological polar surface area (TPSA) is 84.2 Å². The van der Waals surface area contributed by atoms with Crippen molar-refractivity contribution in [1.82, 2.24) is 29.4 Å². The van der Waals surface area contributed by atoms with E-state index in [2.05, 4.69) is 20.4 Å². The van der Waals surface area contributed by atoms with E-state index < -0.39 is 10.0 Å². The molecule has 4 rings (SSSR count). The Labute approximate surface area is 175 Å². The maximum Gasteiger partial charge on any atom is 0.243 e. The first kappa shape index (κ1) is 20.6. The van der Waals surface area contributed by atoms with E-state index in [-0.39, 0.29) is 5.82 Å². The number of hydrogen-bond acceptors (Lipinski definition) is 6. The van der Waals surface area contributed by atoms with Gasteiger partial charge in [-0.25, -0.2) is 12.8 Å². The molecular formula is C20H23FN6O2S. The summed E-state index contributed by atoms with van der Waals surface area (Å²) in [5.74, 6) is 0.293. The van der Waals surface area contributed by atoms with E-state index in [1.54, 1.807) is 22.9 Å². The van der Waals surface area contributed by atoms with Crippen molar-refractivity contribution in [3.8, 4) is 5.69 Å². The third-order valence-electron chi connectivity index (χ3n) is 5.25. The molecule has 2 heterocycles. The fourth-order valence-electron chi connectivity index (χ4n) is 3.64. The molecule has 1 saturated heterocycles. The first-order valence-corrected chi connectivity index (χ1v) is 11.1. The van der Waals surface area contributed by atoms with Gasteiger partial charge in [0.2, 0.25) is 10.0 Å². The molecule has 0 N–H and O–H groups in total. The molecule has 1 aliphatic rings. The van der Waals surface area contributed by atoms with Crippen LogP contribution in [0.1, 0.15) is 17.0 Å². The molecule has 0 unspecified atom stereocenters. The van der Waals surface area contributed by atoms with Crippen LogP contribution in [0.4, 0.5) is 4.39 Å². The third-order valence-corrected chi connectivity index (χ3v) is 7.31. The van der Waals surface area contributed by atoms with Gasteiger partial charge >= 0.3 is 0 Å². The van der Waals surface area contributed by atoms with Gasteiger partial charge in [0.15, 0.2) is 5.82 Å². The lowest BCUT2D eigenvalue weighted by molar-refractivity contribution is 0.177. The quantitative estimate of drug-likeness (QED) is 0.615. The van der Waals surface area contributed by atoms with Crippen molar-refractivity contribution in [3.05, 3.63) is 65.2 Å². The van der Waals surface area contributed by atoms with E-state index in [4.69, 9.17) is 0 Å². The molecule has 0 saturated carbocycles. The summed E-state index contributed by atoms with van der Waals surface area (Å²) in [5, 5.41) is 11.8. The van der Waals surface area contributed by atoms with Crippen molar-refractivity contribution in [2.45, 2.75) is 25.3 Å². The minimum absolute atomic E-state index is 0.325. The number of tetrazole rings is 1. The van der Waals surface area contributed by atoms with Crippen LogP contribution in [0.2, 0.25) is 0 Å². The Balaban J connectivity index is 1.43. The molecule has 0 amide bonds. The monoisotopic (exact) mass is 430 g/mol. The molecule has 30 heavy (non-hydrogen) atoms. The fourth-order valence-corrected chi connectivity index (χ4v) is 5.27. The van der Waals surface area contributed by atoms with Gasteiger partial charge in [0.1, 0.15) is 5.82 Å². The predicted octanol–water partition coefficient (Wildman–Crippen LogP) is 1.92. The van der Waals surface area contributed by atoms with E-state index in [1.807, 2.05) is 26.0 Å². The lowest BCUT2D eigenvalue weighted by Gasteiger charge is -2.33. The summed E-state index contributed by atoms with van der Waals surface area (Å²) in [5.41, 5.74) is 2.47. The average Bonchev–Trinajstić information content (AvgIpc) is 3.17. The summed E-state index contributed by atoms with van der Waals surface area (Å²) in [7, 11) is -3.52. The first-order chi connectivity index (χ1) is 14.3. The molecule has 0 spiro atoms. The fraction of sp³-hybridized carbons (Fsp3) is 0.350. The smallest absolute Gasteiger partial charge is 0.243 e. The van der Waals surface area contributed by atoms with Crippen molar-refractivity contribution in [2.75, 3.05) is 26.2 Å². The SMILES string of the molecule is Cc1ccc(S(=O)(=O)N2CCN(Cc3nnnn3-c3ccc(F)cc3)CC2)c(C)c1. The number of aromatic nitrogens is 4. The lowest BCUT2D eigenvalue weighted by atomic mass is 10.2. The molecule has 0 radical (unpaired) electrons. The van der Waals surface area contributed by atoms with Crippen LogP contribution in [0.5, 0.6) is 0 Å². The Morgan fingerprint density at radius 2 is 1.70 bits per heavy atom. The van der Waals surface area contributed by atoms with Crippen LogP contribution in [-0.4, -0.2) is 64.0 Å². The van der Waals surface area contributed by atoms with Gasteiger partial charge < -0.3 is 0 Å². The van der Waals surface area contributed by atoms with Gasteiger partial charge in [0.25, 0.3) is 0 Å². The van der Waals surface area contributed by atoms with E-state index in [1.165, 1.54) is 16.4 Å². The summed E-state index contributed by atoms with van der Waals surface area (Å²) in [6, 6.07) is 11.3. The van der Waals surface area contributed by atoms with Crippen molar-refractivity contribution >= 4 is 10.0 Å².